The van der Waals surface area contributed by atoms with E-state index >= 15 is 0 Å². The highest BCUT2D eigenvalue weighted by molar-refractivity contribution is 9.10. The van der Waals surface area contributed by atoms with Crippen LogP contribution in [0.15, 0.2) is 63.6 Å². The highest BCUT2D eigenvalue weighted by Crippen LogP contribution is 2.43. The van der Waals surface area contributed by atoms with Crippen molar-refractivity contribution in [1.29, 1.82) is 5.26 Å². The van der Waals surface area contributed by atoms with Gasteiger partial charge in [0.05, 0.1) is 29.2 Å². The molecule has 27 heavy (non-hydrogen) atoms. The van der Waals surface area contributed by atoms with Gasteiger partial charge in [-0.05, 0) is 42.0 Å². The average Bonchev–Trinajstić information content (AvgIpc) is 2.69. The van der Waals surface area contributed by atoms with Gasteiger partial charge in [0.25, 0.3) is 0 Å². The smallest absolute Gasteiger partial charge is 0.229 e. The fourth-order valence-corrected chi connectivity index (χ4v) is 4.79. The van der Waals surface area contributed by atoms with Gasteiger partial charge in [0, 0.05) is 22.5 Å². The van der Waals surface area contributed by atoms with Gasteiger partial charge in [-0.1, -0.05) is 39.8 Å². The molecule has 2 aliphatic rings. The first-order chi connectivity index (χ1) is 13.1. The number of hydrogen-bond acceptors (Lipinski definition) is 4. The van der Waals surface area contributed by atoms with E-state index in [1.54, 1.807) is 17.0 Å². The second kappa shape index (κ2) is 7.37. The van der Waals surface area contributed by atoms with Gasteiger partial charge in [-0.25, -0.2) is 4.39 Å². The summed E-state index contributed by atoms with van der Waals surface area (Å²) in [7, 11) is 0. The number of hydrogen-bond donors (Lipinski definition) is 0. The zero-order valence-corrected chi connectivity index (χ0v) is 16.6. The Hall–Kier alpha value is -2.30. The van der Waals surface area contributed by atoms with Crippen LogP contribution in [0, 0.1) is 17.1 Å². The molecular formula is C20H15BrFN3OS. The Bertz CT molecular complexity index is 953. The van der Waals surface area contributed by atoms with Crippen LogP contribution in [0.5, 0.6) is 0 Å². The third-order valence-electron chi connectivity index (χ3n) is 4.76. The zero-order chi connectivity index (χ0) is 19.0. The number of rotatable bonds is 2. The molecule has 0 bridgehead atoms. The van der Waals surface area contributed by atoms with Gasteiger partial charge < -0.3 is 4.90 Å². The van der Waals surface area contributed by atoms with Gasteiger partial charge in [0.2, 0.25) is 5.91 Å². The molecule has 1 atom stereocenters. The van der Waals surface area contributed by atoms with Crippen molar-refractivity contribution >= 4 is 39.3 Å². The van der Waals surface area contributed by atoms with Crippen molar-refractivity contribution in [2.45, 2.75) is 12.3 Å². The molecule has 0 N–H and O–H groups in total. The number of nitriles is 1. The van der Waals surface area contributed by atoms with E-state index in [1.807, 2.05) is 29.2 Å². The largest absolute Gasteiger partial charge is 0.344 e. The van der Waals surface area contributed by atoms with E-state index in [0.717, 1.165) is 20.8 Å². The molecule has 0 radical (unpaired) electrons. The Balaban J connectivity index is 1.65. The van der Waals surface area contributed by atoms with Gasteiger partial charge in [-0.2, -0.15) is 5.26 Å². The minimum absolute atomic E-state index is 0.00349. The van der Waals surface area contributed by atoms with E-state index in [9.17, 15) is 14.4 Å². The topological polar surface area (TPSA) is 47.3 Å². The lowest BCUT2D eigenvalue weighted by Gasteiger charge is -2.42. The Morgan fingerprint density at radius 3 is 2.52 bits per heavy atom. The normalized spacial score (nSPS) is 19.7. The minimum atomic E-state index is -0.290. The van der Waals surface area contributed by atoms with Gasteiger partial charge in [0.1, 0.15) is 5.82 Å². The summed E-state index contributed by atoms with van der Waals surface area (Å²) in [5, 5.41) is 10.5. The molecule has 2 aliphatic heterocycles. The number of amides is 1. The molecule has 0 saturated carbocycles. The van der Waals surface area contributed by atoms with Crippen LogP contribution in [0.25, 0.3) is 0 Å². The molecule has 2 heterocycles. The summed E-state index contributed by atoms with van der Waals surface area (Å²) in [6, 6.07) is 16.3. The zero-order valence-electron chi connectivity index (χ0n) is 14.2. The Labute approximate surface area is 169 Å². The van der Waals surface area contributed by atoms with Crippen LogP contribution in [-0.2, 0) is 4.79 Å². The molecule has 1 saturated heterocycles. The van der Waals surface area contributed by atoms with Crippen molar-refractivity contribution in [2.75, 3.05) is 17.4 Å². The van der Waals surface area contributed by atoms with Crippen molar-refractivity contribution in [3.8, 4) is 6.07 Å². The summed E-state index contributed by atoms with van der Waals surface area (Å²) in [6.45, 7) is 0.366. The third kappa shape index (κ3) is 3.47. The molecule has 4 nitrogen and oxygen atoms in total. The molecule has 1 fully saturated rings. The first kappa shape index (κ1) is 18.1. The number of nitrogens with zero attached hydrogens (tertiary/aromatic N) is 3. The molecule has 136 valence electrons. The molecule has 0 spiro atoms. The first-order valence-corrected chi connectivity index (χ1v) is 10.2. The molecule has 1 amide bonds. The second-order valence-electron chi connectivity index (χ2n) is 6.39. The number of allylic oxidation sites excluding steroid dienone is 1. The molecule has 2 aromatic rings. The van der Waals surface area contributed by atoms with Crippen LogP contribution in [0.4, 0.5) is 10.1 Å². The van der Waals surface area contributed by atoms with E-state index in [4.69, 9.17) is 0 Å². The lowest BCUT2D eigenvalue weighted by Crippen LogP contribution is -2.47. The average molecular weight is 444 g/mol. The number of halogens is 2. The number of thioether (sulfide) groups is 1. The predicted molar refractivity (Wildman–Crippen MR) is 107 cm³/mol. The van der Waals surface area contributed by atoms with E-state index in [2.05, 4.69) is 22.0 Å². The summed E-state index contributed by atoms with van der Waals surface area (Å²) < 4.78 is 14.1. The fourth-order valence-electron chi connectivity index (χ4n) is 3.36. The standard InChI is InChI=1S/C20H15BrFN3OS/c21-14-3-1-13(2-4-14)17-9-19(26)25-11-24(12-27-20(25)18(17)10-23)16-7-5-15(22)6-8-16/h1-8,17H,9,11-12H2/t17-/m1/s1. The molecular weight excluding hydrogens is 429 g/mol. The summed E-state index contributed by atoms with van der Waals surface area (Å²) in [6.07, 6.45) is 0.270. The summed E-state index contributed by atoms with van der Waals surface area (Å²) in [5.74, 6) is 0.0910. The second-order valence-corrected chi connectivity index (χ2v) is 8.24. The summed E-state index contributed by atoms with van der Waals surface area (Å²) >= 11 is 4.89. The van der Waals surface area contributed by atoms with Crippen molar-refractivity contribution < 1.29 is 9.18 Å². The lowest BCUT2D eigenvalue weighted by atomic mass is 9.86. The maximum absolute atomic E-state index is 13.2. The SMILES string of the molecule is N#CC1=C2SCN(c3ccc(F)cc3)CN2C(=O)C[C@@H]1c1ccc(Br)cc1. The van der Waals surface area contributed by atoms with Crippen LogP contribution >= 0.6 is 27.7 Å². The minimum Gasteiger partial charge on any atom is -0.344 e. The molecule has 0 unspecified atom stereocenters. The van der Waals surface area contributed by atoms with E-state index in [1.165, 1.54) is 23.9 Å². The van der Waals surface area contributed by atoms with Crippen molar-refractivity contribution in [2.24, 2.45) is 0 Å². The lowest BCUT2D eigenvalue weighted by molar-refractivity contribution is -0.129. The number of anilines is 1. The van der Waals surface area contributed by atoms with Crippen molar-refractivity contribution in [1.82, 2.24) is 4.90 Å². The number of fused-ring (bicyclic) bond motifs is 1. The number of benzene rings is 2. The first-order valence-electron chi connectivity index (χ1n) is 8.40. The monoisotopic (exact) mass is 443 g/mol. The van der Waals surface area contributed by atoms with E-state index in [0.29, 0.717) is 18.1 Å². The molecule has 7 heteroatoms. The van der Waals surface area contributed by atoms with Crippen molar-refractivity contribution in [3.63, 3.8) is 0 Å². The Morgan fingerprint density at radius 2 is 1.85 bits per heavy atom. The van der Waals surface area contributed by atoms with Crippen LogP contribution in [0.3, 0.4) is 0 Å². The van der Waals surface area contributed by atoms with E-state index in [-0.39, 0.29) is 24.1 Å². The van der Waals surface area contributed by atoms with E-state index < -0.39 is 0 Å². The van der Waals surface area contributed by atoms with Gasteiger partial charge in [0.15, 0.2) is 0 Å². The predicted octanol–water partition coefficient (Wildman–Crippen LogP) is 4.81. The maximum atomic E-state index is 13.2. The molecule has 2 aromatic carbocycles. The molecule has 0 aromatic heterocycles. The summed E-state index contributed by atoms with van der Waals surface area (Å²) in [4.78, 5) is 16.5. The molecule has 4 rings (SSSR count). The fraction of sp³-hybridized carbons (Fsp3) is 0.200. The van der Waals surface area contributed by atoms with Crippen LogP contribution in [0.2, 0.25) is 0 Å². The highest BCUT2D eigenvalue weighted by atomic mass is 79.9. The Kier molecular flexibility index (Phi) is 4.94. The van der Waals surface area contributed by atoms with Gasteiger partial charge in [-0.15, -0.1) is 0 Å². The molecule has 0 aliphatic carbocycles. The number of carbonyl (C=O) groups excluding carboxylic acids is 1. The van der Waals surface area contributed by atoms with Crippen LogP contribution in [-0.4, -0.2) is 23.4 Å². The van der Waals surface area contributed by atoms with Crippen LogP contribution in [0.1, 0.15) is 17.9 Å². The number of carbonyl (C=O) groups is 1. The van der Waals surface area contributed by atoms with Gasteiger partial charge in [-0.3, -0.25) is 9.69 Å². The van der Waals surface area contributed by atoms with Gasteiger partial charge >= 0.3 is 0 Å². The summed E-state index contributed by atoms with van der Waals surface area (Å²) in [5.41, 5.74) is 2.46. The highest BCUT2D eigenvalue weighted by Gasteiger charge is 2.38. The maximum Gasteiger partial charge on any atom is 0.229 e. The third-order valence-corrected chi connectivity index (χ3v) is 6.44. The van der Waals surface area contributed by atoms with Crippen LogP contribution < -0.4 is 4.90 Å². The van der Waals surface area contributed by atoms with Crippen molar-refractivity contribution in [3.05, 3.63) is 75.0 Å². The quantitative estimate of drug-likeness (QED) is 0.667. The Morgan fingerprint density at radius 1 is 1.15 bits per heavy atom.